The van der Waals surface area contributed by atoms with E-state index >= 15 is 0 Å². The molecule has 2 heterocycles. The van der Waals surface area contributed by atoms with Crippen LogP contribution in [-0.2, 0) is 6.54 Å². The van der Waals surface area contributed by atoms with Crippen molar-refractivity contribution in [1.29, 1.82) is 0 Å². The van der Waals surface area contributed by atoms with E-state index in [1.807, 2.05) is 6.92 Å². The van der Waals surface area contributed by atoms with Crippen molar-refractivity contribution in [2.75, 3.05) is 25.5 Å². The molecule has 0 aliphatic carbocycles. The molecule has 1 aromatic carbocycles. The van der Waals surface area contributed by atoms with Crippen LogP contribution in [0.5, 0.6) is 0 Å². The molecule has 100 valence electrons. The fraction of sp³-hybridized carbons (Fsp3) is 0.375. The Bertz CT molecular complexity index is 561. The molecule has 2 aromatic rings. The summed E-state index contributed by atoms with van der Waals surface area (Å²) >= 11 is 0. The summed E-state index contributed by atoms with van der Waals surface area (Å²) in [5.74, 6) is 1.60. The number of benzene rings is 1. The average Bonchev–Trinajstić information content (AvgIpc) is 2.98. The second kappa shape index (κ2) is 5.10. The highest BCUT2D eigenvalue weighted by Gasteiger charge is 2.22. The van der Waals surface area contributed by atoms with Gasteiger partial charge in [0.05, 0.1) is 6.26 Å². The van der Waals surface area contributed by atoms with E-state index in [0.29, 0.717) is 5.92 Å². The van der Waals surface area contributed by atoms with Crippen molar-refractivity contribution in [3.8, 4) is 0 Å². The van der Waals surface area contributed by atoms with E-state index in [-0.39, 0.29) is 0 Å². The van der Waals surface area contributed by atoms with Crippen LogP contribution in [0.2, 0.25) is 0 Å². The van der Waals surface area contributed by atoms with Crippen LogP contribution in [-0.4, -0.2) is 25.0 Å². The van der Waals surface area contributed by atoms with Gasteiger partial charge in [-0.05, 0) is 31.7 Å². The molecule has 0 fully saturated rings. The Balaban J connectivity index is 1.65. The van der Waals surface area contributed by atoms with E-state index in [1.54, 1.807) is 6.26 Å². The minimum atomic E-state index is 0.577. The zero-order valence-electron chi connectivity index (χ0n) is 11.5. The summed E-state index contributed by atoms with van der Waals surface area (Å²) in [6.45, 7) is 5.07. The number of fused-ring (bicyclic) bond motifs is 1. The van der Waals surface area contributed by atoms with Crippen molar-refractivity contribution in [1.82, 2.24) is 4.90 Å². The second-order valence-electron chi connectivity index (χ2n) is 5.36. The monoisotopic (exact) mass is 256 g/mol. The third-order valence-corrected chi connectivity index (χ3v) is 3.88. The molecule has 1 unspecified atom stereocenters. The highest BCUT2D eigenvalue weighted by molar-refractivity contribution is 5.57. The lowest BCUT2D eigenvalue weighted by Crippen LogP contribution is -2.25. The Morgan fingerprint density at radius 3 is 2.95 bits per heavy atom. The summed E-state index contributed by atoms with van der Waals surface area (Å²) in [5.41, 5.74) is 4.01. The topological polar surface area (TPSA) is 28.4 Å². The molecule has 1 aliphatic heterocycles. The number of rotatable bonds is 4. The lowest BCUT2D eigenvalue weighted by atomic mass is 10.0. The number of para-hydroxylation sites is 1. The predicted molar refractivity (Wildman–Crippen MR) is 77.5 cm³/mol. The van der Waals surface area contributed by atoms with Gasteiger partial charge < -0.3 is 14.6 Å². The van der Waals surface area contributed by atoms with Gasteiger partial charge in [0.1, 0.15) is 5.76 Å². The number of nitrogens with zero attached hydrogens (tertiary/aromatic N) is 1. The van der Waals surface area contributed by atoms with Crippen LogP contribution in [0, 0.1) is 6.92 Å². The molecule has 0 amide bonds. The minimum absolute atomic E-state index is 0.577. The summed E-state index contributed by atoms with van der Waals surface area (Å²) in [5, 5.41) is 3.48. The Morgan fingerprint density at radius 1 is 1.32 bits per heavy atom. The Labute approximate surface area is 114 Å². The lowest BCUT2D eigenvalue weighted by Gasteiger charge is -2.20. The maximum atomic E-state index is 5.35. The van der Waals surface area contributed by atoms with Crippen LogP contribution in [0.25, 0.3) is 0 Å². The highest BCUT2D eigenvalue weighted by Crippen LogP contribution is 2.31. The SMILES string of the molecule is Cc1occc1CN(C)CC1CNc2ccccc21. The molecule has 0 saturated carbocycles. The van der Waals surface area contributed by atoms with Crippen LogP contribution in [0.4, 0.5) is 5.69 Å². The van der Waals surface area contributed by atoms with Crippen LogP contribution < -0.4 is 5.32 Å². The molecule has 3 nitrogen and oxygen atoms in total. The Morgan fingerprint density at radius 2 is 2.16 bits per heavy atom. The number of nitrogens with one attached hydrogen (secondary N) is 1. The van der Waals surface area contributed by atoms with Gasteiger partial charge in [0.15, 0.2) is 0 Å². The van der Waals surface area contributed by atoms with E-state index in [0.717, 1.165) is 25.4 Å². The van der Waals surface area contributed by atoms with Gasteiger partial charge in [0, 0.05) is 36.8 Å². The normalized spacial score (nSPS) is 17.5. The van der Waals surface area contributed by atoms with Gasteiger partial charge in [-0.15, -0.1) is 0 Å². The molecule has 0 bridgehead atoms. The van der Waals surface area contributed by atoms with Gasteiger partial charge in [-0.25, -0.2) is 0 Å². The second-order valence-corrected chi connectivity index (χ2v) is 5.36. The van der Waals surface area contributed by atoms with Crippen LogP contribution in [0.15, 0.2) is 41.0 Å². The van der Waals surface area contributed by atoms with E-state index < -0.39 is 0 Å². The fourth-order valence-electron chi connectivity index (χ4n) is 2.83. The summed E-state index contributed by atoms with van der Waals surface area (Å²) < 4.78 is 5.35. The van der Waals surface area contributed by atoms with E-state index in [4.69, 9.17) is 4.42 Å². The van der Waals surface area contributed by atoms with Gasteiger partial charge in [-0.1, -0.05) is 18.2 Å². The highest BCUT2D eigenvalue weighted by atomic mass is 16.3. The molecule has 3 rings (SSSR count). The van der Waals surface area contributed by atoms with Gasteiger partial charge in [-0.3, -0.25) is 0 Å². The number of anilines is 1. The molecule has 1 atom stereocenters. The third kappa shape index (κ3) is 2.51. The van der Waals surface area contributed by atoms with Crippen molar-refractivity contribution in [2.24, 2.45) is 0 Å². The van der Waals surface area contributed by atoms with E-state index in [1.165, 1.54) is 16.8 Å². The van der Waals surface area contributed by atoms with Crippen LogP contribution >= 0.6 is 0 Å². The zero-order chi connectivity index (χ0) is 13.2. The molecular formula is C16H20N2O. The van der Waals surface area contributed by atoms with Crippen molar-refractivity contribution < 1.29 is 4.42 Å². The van der Waals surface area contributed by atoms with E-state index in [2.05, 4.69) is 47.6 Å². The third-order valence-electron chi connectivity index (χ3n) is 3.88. The summed E-state index contributed by atoms with van der Waals surface area (Å²) in [7, 11) is 2.17. The van der Waals surface area contributed by atoms with Gasteiger partial charge in [0.25, 0.3) is 0 Å². The summed E-state index contributed by atoms with van der Waals surface area (Å²) in [4.78, 5) is 2.37. The molecule has 1 N–H and O–H groups in total. The van der Waals surface area contributed by atoms with Gasteiger partial charge >= 0.3 is 0 Å². The molecule has 1 aliphatic rings. The predicted octanol–water partition coefficient (Wildman–Crippen LogP) is 3.23. The number of aryl methyl sites for hydroxylation is 1. The molecule has 0 spiro atoms. The van der Waals surface area contributed by atoms with Gasteiger partial charge in [-0.2, -0.15) is 0 Å². The Kier molecular flexibility index (Phi) is 3.30. The van der Waals surface area contributed by atoms with Crippen LogP contribution in [0.3, 0.4) is 0 Å². The number of hydrogen-bond acceptors (Lipinski definition) is 3. The first-order chi connectivity index (χ1) is 9.24. The fourth-order valence-corrected chi connectivity index (χ4v) is 2.83. The maximum absolute atomic E-state index is 5.35. The first-order valence-corrected chi connectivity index (χ1v) is 6.78. The zero-order valence-corrected chi connectivity index (χ0v) is 11.5. The largest absolute Gasteiger partial charge is 0.469 e. The van der Waals surface area contributed by atoms with Crippen molar-refractivity contribution >= 4 is 5.69 Å². The molecule has 19 heavy (non-hydrogen) atoms. The first kappa shape index (κ1) is 12.3. The van der Waals surface area contributed by atoms with Crippen molar-refractivity contribution in [3.05, 3.63) is 53.5 Å². The lowest BCUT2D eigenvalue weighted by molar-refractivity contribution is 0.307. The average molecular weight is 256 g/mol. The number of furan rings is 1. The molecular weight excluding hydrogens is 236 g/mol. The molecule has 3 heteroatoms. The minimum Gasteiger partial charge on any atom is -0.469 e. The molecule has 0 radical (unpaired) electrons. The number of hydrogen-bond donors (Lipinski definition) is 1. The molecule has 0 saturated heterocycles. The van der Waals surface area contributed by atoms with E-state index in [9.17, 15) is 0 Å². The van der Waals surface area contributed by atoms with Crippen LogP contribution in [0.1, 0.15) is 22.8 Å². The smallest absolute Gasteiger partial charge is 0.105 e. The van der Waals surface area contributed by atoms with Crippen molar-refractivity contribution in [2.45, 2.75) is 19.4 Å². The quantitative estimate of drug-likeness (QED) is 0.910. The Hall–Kier alpha value is -1.74. The standard InChI is InChI=1S/C16H20N2O/c1-12-13(7-8-19-12)10-18(2)11-14-9-17-16-6-4-3-5-15(14)16/h3-8,14,17H,9-11H2,1-2H3. The van der Waals surface area contributed by atoms with Gasteiger partial charge in [0.2, 0.25) is 0 Å². The maximum Gasteiger partial charge on any atom is 0.105 e. The summed E-state index contributed by atoms with van der Waals surface area (Å²) in [6.07, 6.45) is 1.77. The number of likely N-dealkylation sites (N-methyl/N-ethyl adjacent to an activating group) is 1. The molecule has 1 aromatic heterocycles. The van der Waals surface area contributed by atoms with Crippen molar-refractivity contribution in [3.63, 3.8) is 0 Å². The first-order valence-electron chi connectivity index (χ1n) is 6.78. The summed E-state index contributed by atoms with van der Waals surface area (Å²) in [6, 6.07) is 10.7.